The highest BCUT2D eigenvalue weighted by molar-refractivity contribution is 5.76. The summed E-state index contributed by atoms with van der Waals surface area (Å²) in [5.41, 5.74) is 0. The van der Waals surface area contributed by atoms with Gasteiger partial charge in [0.2, 0.25) is 5.91 Å². The van der Waals surface area contributed by atoms with E-state index in [0.717, 1.165) is 70.6 Å². The van der Waals surface area contributed by atoms with E-state index in [1.165, 1.54) is 270 Å². The van der Waals surface area contributed by atoms with Crippen molar-refractivity contribution in [3.05, 3.63) is 48.6 Å². The quantitative estimate of drug-likeness (QED) is 0.0199. The molecule has 0 aromatic carbocycles. The molecule has 3 aliphatic rings. The molecule has 17 unspecified atom stereocenters. The normalized spacial score (nSPS) is 25.7. The first-order valence-electron chi connectivity index (χ1n) is 44.4. The molecule has 0 aliphatic carbocycles. The molecule has 3 rings (SSSR count). The molecule has 3 aliphatic heterocycles. The van der Waals surface area contributed by atoms with Gasteiger partial charge in [-0.15, -0.1) is 0 Å². The lowest BCUT2D eigenvalue weighted by Crippen LogP contribution is -2.66. The molecule has 0 saturated carbocycles. The van der Waals surface area contributed by atoms with E-state index in [1.807, 2.05) is 0 Å². The summed E-state index contributed by atoms with van der Waals surface area (Å²) in [6.07, 6.45) is 60.8. The zero-order valence-corrected chi connectivity index (χ0v) is 67.6. The Morgan fingerprint density at radius 1 is 0.346 bits per heavy atom. The van der Waals surface area contributed by atoms with Crippen molar-refractivity contribution in [3.8, 4) is 0 Å². The molecule has 1 amide bonds. The molecule has 0 aromatic heterocycles. The number of aliphatic hydroxyl groups is 11. The second-order valence-electron chi connectivity index (χ2n) is 31.7. The first-order valence-corrected chi connectivity index (χ1v) is 44.4. The first-order chi connectivity index (χ1) is 52.3. The fraction of sp³-hybridized carbons (Fsp3) is 0.898. The van der Waals surface area contributed by atoms with E-state index < -0.39 is 124 Å². The van der Waals surface area contributed by atoms with Crippen LogP contribution in [0, 0.1) is 0 Å². The van der Waals surface area contributed by atoms with Gasteiger partial charge in [0.25, 0.3) is 0 Å². The van der Waals surface area contributed by atoms with Gasteiger partial charge in [0.1, 0.15) is 73.2 Å². The van der Waals surface area contributed by atoms with Crippen LogP contribution in [0.5, 0.6) is 0 Å². The van der Waals surface area contributed by atoms with Crippen LogP contribution in [0.25, 0.3) is 0 Å². The van der Waals surface area contributed by atoms with Crippen LogP contribution in [-0.4, -0.2) is 193 Å². The van der Waals surface area contributed by atoms with Gasteiger partial charge in [-0.2, -0.15) is 0 Å². The van der Waals surface area contributed by atoms with Crippen molar-refractivity contribution in [1.82, 2.24) is 5.32 Å². The van der Waals surface area contributed by atoms with E-state index in [1.54, 1.807) is 0 Å². The lowest BCUT2D eigenvalue weighted by atomic mass is 9.96. The zero-order chi connectivity index (χ0) is 77.4. The maximum absolute atomic E-state index is 13.5. The first kappa shape index (κ1) is 98.9. The number of unbranched alkanes of at least 4 members (excludes halogenated alkanes) is 48. The van der Waals surface area contributed by atoms with E-state index >= 15 is 0 Å². The molecule has 0 radical (unpaired) electrons. The maximum Gasteiger partial charge on any atom is 0.220 e. The van der Waals surface area contributed by atoms with Crippen molar-refractivity contribution < 1.29 is 89.4 Å². The summed E-state index contributed by atoms with van der Waals surface area (Å²) >= 11 is 0. The maximum atomic E-state index is 13.5. The van der Waals surface area contributed by atoms with E-state index in [9.17, 15) is 61.0 Å². The fourth-order valence-electron chi connectivity index (χ4n) is 15.1. The summed E-state index contributed by atoms with van der Waals surface area (Å²) in [5, 5.41) is 121. The number of aliphatic hydroxyl groups excluding tert-OH is 11. The van der Waals surface area contributed by atoms with Crippen molar-refractivity contribution >= 4 is 5.91 Å². The van der Waals surface area contributed by atoms with Crippen LogP contribution in [0.4, 0.5) is 0 Å². The lowest BCUT2D eigenvalue weighted by Gasteiger charge is -2.48. The Morgan fingerprint density at radius 3 is 1.01 bits per heavy atom. The van der Waals surface area contributed by atoms with Crippen molar-refractivity contribution in [2.45, 2.75) is 478 Å². The monoisotopic (exact) mass is 1520 g/mol. The highest BCUT2D eigenvalue weighted by Gasteiger charge is 2.54. The summed E-state index contributed by atoms with van der Waals surface area (Å²) < 4.78 is 34.6. The number of allylic oxidation sites excluding steroid dienone is 8. The van der Waals surface area contributed by atoms with Gasteiger partial charge >= 0.3 is 0 Å². The molecule has 0 spiro atoms. The highest BCUT2D eigenvalue weighted by atomic mass is 16.8. The Bertz CT molecular complexity index is 2120. The van der Waals surface area contributed by atoms with Crippen molar-refractivity contribution in [2.24, 2.45) is 0 Å². The minimum Gasteiger partial charge on any atom is -0.394 e. The molecule has 0 aromatic rings. The molecule has 3 fully saturated rings. The van der Waals surface area contributed by atoms with E-state index in [4.69, 9.17) is 28.4 Å². The number of amides is 1. The zero-order valence-electron chi connectivity index (χ0n) is 67.6. The van der Waals surface area contributed by atoms with E-state index in [-0.39, 0.29) is 18.9 Å². The van der Waals surface area contributed by atoms with Gasteiger partial charge in [-0.3, -0.25) is 4.79 Å². The van der Waals surface area contributed by atoms with Gasteiger partial charge in [0, 0.05) is 6.42 Å². The van der Waals surface area contributed by atoms with Crippen LogP contribution in [0.3, 0.4) is 0 Å². The number of hydrogen-bond donors (Lipinski definition) is 12. The molecule has 628 valence electrons. The lowest BCUT2D eigenvalue weighted by molar-refractivity contribution is -0.379. The molecule has 0 bridgehead atoms. The summed E-state index contributed by atoms with van der Waals surface area (Å²) in [6.45, 7) is 1.75. The van der Waals surface area contributed by atoms with Crippen LogP contribution in [0.1, 0.15) is 373 Å². The topological polar surface area (TPSA) is 307 Å². The number of carbonyl (C=O) groups excluding carboxylic acids is 1. The van der Waals surface area contributed by atoms with Gasteiger partial charge < -0.3 is 89.9 Å². The Kier molecular flexibility index (Phi) is 63.0. The molecule has 3 heterocycles. The third-order valence-corrected chi connectivity index (χ3v) is 22.2. The van der Waals surface area contributed by atoms with E-state index in [2.05, 4.69) is 67.8 Å². The van der Waals surface area contributed by atoms with Crippen molar-refractivity contribution in [3.63, 3.8) is 0 Å². The Hall–Kier alpha value is -2.25. The van der Waals surface area contributed by atoms with Crippen LogP contribution in [0.15, 0.2) is 48.6 Å². The Morgan fingerprint density at radius 2 is 0.645 bits per heavy atom. The van der Waals surface area contributed by atoms with Gasteiger partial charge in [-0.25, -0.2) is 0 Å². The van der Waals surface area contributed by atoms with Crippen LogP contribution < -0.4 is 5.32 Å². The molecule has 19 nitrogen and oxygen atoms in total. The smallest absolute Gasteiger partial charge is 0.220 e. The second kappa shape index (κ2) is 68.2. The SMILES string of the molecule is CC/C=C\C/C=C\C/C=C\C/C=C\CCCCCCCCCCCCCCCCCCCCCCCCCCCCC(=O)NC(COC1OC(CO)C(OC2OC(CO)C(OC3OC(CO)C(O)C(O)C3O)C(O)C2O)C(O)C1O)C(O)CCCCCCCCCCCCCCCCCCCCCCCCC. The highest BCUT2D eigenvalue weighted by Crippen LogP contribution is 2.34. The molecule has 19 heteroatoms. The predicted molar refractivity (Wildman–Crippen MR) is 429 cm³/mol. The van der Waals surface area contributed by atoms with Gasteiger partial charge in [0.15, 0.2) is 18.9 Å². The van der Waals surface area contributed by atoms with Gasteiger partial charge in [0.05, 0.1) is 38.6 Å². The summed E-state index contributed by atoms with van der Waals surface area (Å²) in [5.74, 6) is -0.234. The molecule has 12 N–H and O–H groups in total. The molecular weight excluding hydrogens is 1360 g/mol. The summed E-state index contributed by atoms with van der Waals surface area (Å²) in [6, 6.07) is -0.887. The molecule has 17 atom stereocenters. The number of rotatable bonds is 72. The van der Waals surface area contributed by atoms with Crippen LogP contribution in [-0.2, 0) is 33.2 Å². The minimum absolute atomic E-state index is 0.234. The van der Waals surface area contributed by atoms with Gasteiger partial charge in [-0.05, 0) is 51.4 Å². The minimum atomic E-state index is -1.97. The van der Waals surface area contributed by atoms with Gasteiger partial charge in [-0.1, -0.05) is 364 Å². The molecule has 107 heavy (non-hydrogen) atoms. The second-order valence-corrected chi connectivity index (χ2v) is 31.7. The standard InChI is InChI=1S/C88H163NO18/c1-3-5-7-9-11-13-15-17-19-21-23-25-27-28-29-30-31-32-33-34-35-36-37-38-39-40-41-42-44-46-48-50-52-54-56-58-60-62-64-66-76(94)89-71(72(93)65-63-61-59-57-55-53-51-49-47-45-43-26-24-22-20-18-16-14-12-10-8-6-4-2)70-102-86-82(100)79(97)84(74(68-91)104-86)107-88-83(101)80(98)85(75(69-92)105-88)106-87-81(99)78(96)77(95)73(67-90)103-87/h5,7,11,13,17,19,23,25,71-75,77-88,90-93,95-101H,3-4,6,8-10,12,14-16,18,20-22,24,26-70H2,1-2H3,(H,89,94)/b7-5-,13-11-,19-17-,25-23-. The summed E-state index contributed by atoms with van der Waals surface area (Å²) in [4.78, 5) is 13.5. The number of carbonyl (C=O) groups is 1. The molecule has 3 saturated heterocycles. The van der Waals surface area contributed by atoms with Crippen LogP contribution >= 0.6 is 0 Å². The number of ether oxygens (including phenoxy) is 6. The number of hydrogen-bond acceptors (Lipinski definition) is 18. The molecular formula is C88H163NO18. The largest absolute Gasteiger partial charge is 0.394 e. The Labute approximate surface area is 650 Å². The third-order valence-electron chi connectivity index (χ3n) is 22.2. The predicted octanol–water partition coefficient (Wildman–Crippen LogP) is 16.4. The van der Waals surface area contributed by atoms with Crippen molar-refractivity contribution in [2.75, 3.05) is 26.4 Å². The fourth-order valence-corrected chi connectivity index (χ4v) is 15.1. The summed E-state index contributed by atoms with van der Waals surface area (Å²) in [7, 11) is 0. The Balaban J connectivity index is 1.29. The average molecular weight is 1520 g/mol. The van der Waals surface area contributed by atoms with E-state index in [0.29, 0.717) is 12.8 Å². The van der Waals surface area contributed by atoms with Crippen molar-refractivity contribution in [1.29, 1.82) is 0 Å². The number of nitrogens with one attached hydrogen (secondary N) is 1. The average Bonchev–Trinajstić information content (AvgIpc) is 0.781. The van der Waals surface area contributed by atoms with Crippen LogP contribution in [0.2, 0.25) is 0 Å². The third kappa shape index (κ3) is 47.3.